The molecule has 3 N–H and O–H groups in total. The SMILES string of the molecule is CCOC(=O)NCCN/C=C(/C#N)C(=O)Nc1cc(OC)ccc1OC. The van der Waals surface area contributed by atoms with Crippen LogP contribution in [0.15, 0.2) is 30.0 Å². The van der Waals surface area contributed by atoms with E-state index in [1.807, 2.05) is 6.07 Å². The Morgan fingerprint density at radius 3 is 2.62 bits per heavy atom. The first-order valence-electron chi connectivity index (χ1n) is 7.83. The molecule has 9 nitrogen and oxygen atoms in total. The van der Waals surface area contributed by atoms with Crippen molar-refractivity contribution in [1.82, 2.24) is 10.6 Å². The van der Waals surface area contributed by atoms with Gasteiger partial charge in [-0.15, -0.1) is 0 Å². The number of carbonyl (C=O) groups is 2. The topological polar surface area (TPSA) is 122 Å². The van der Waals surface area contributed by atoms with Gasteiger partial charge in [-0.1, -0.05) is 0 Å². The molecule has 1 aromatic rings. The van der Waals surface area contributed by atoms with Crippen molar-refractivity contribution < 1.29 is 23.8 Å². The van der Waals surface area contributed by atoms with Gasteiger partial charge in [-0.2, -0.15) is 5.26 Å². The highest BCUT2D eigenvalue weighted by Crippen LogP contribution is 2.29. The summed E-state index contributed by atoms with van der Waals surface area (Å²) in [6.07, 6.45) is 0.746. The minimum Gasteiger partial charge on any atom is -0.497 e. The standard InChI is InChI=1S/C17H22N4O5/c1-4-26-17(23)20-8-7-19-11-12(10-18)16(22)21-14-9-13(24-2)5-6-15(14)25-3/h5-6,9,11,19H,4,7-8H2,1-3H3,(H,20,23)(H,21,22)/b12-11-. The van der Waals surface area contributed by atoms with Crippen LogP contribution in [0.5, 0.6) is 11.5 Å². The predicted molar refractivity (Wildman–Crippen MR) is 94.9 cm³/mol. The molecule has 0 aromatic heterocycles. The fourth-order valence-corrected chi connectivity index (χ4v) is 1.84. The molecule has 0 unspecified atom stereocenters. The van der Waals surface area contributed by atoms with Crippen molar-refractivity contribution in [1.29, 1.82) is 5.26 Å². The van der Waals surface area contributed by atoms with Gasteiger partial charge < -0.3 is 30.2 Å². The number of ether oxygens (including phenoxy) is 3. The lowest BCUT2D eigenvalue weighted by molar-refractivity contribution is -0.112. The monoisotopic (exact) mass is 362 g/mol. The second-order valence-electron chi connectivity index (χ2n) is 4.79. The van der Waals surface area contributed by atoms with E-state index >= 15 is 0 Å². The lowest BCUT2D eigenvalue weighted by atomic mass is 10.2. The van der Waals surface area contributed by atoms with Crippen LogP contribution in [0.25, 0.3) is 0 Å². The summed E-state index contributed by atoms with van der Waals surface area (Å²) in [5.41, 5.74) is 0.244. The molecule has 0 atom stereocenters. The number of nitriles is 1. The normalized spacial score (nSPS) is 10.3. The van der Waals surface area contributed by atoms with Gasteiger partial charge in [0, 0.05) is 25.4 Å². The number of anilines is 1. The van der Waals surface area contributed by atoms with E-state index < -0.39 is 12.0 Å². The minimum atomic E-state index is -0.607. The largest absolute Gasteiger partial charge is 0.497 e. The van der Waals surface area contributed by atoms with Gasteiger partial charge in [0.15, 0.2) is 0 Å². The third-order valence-electron chi connectivity index (χ3n) is 3.08. The van der Waals surface area contributed by atoms with Crippen molar-refractivity contribution >= 4 is 17.7 Å². The van der Waals surface area contributed by atoms with Gasteiger partial charge in [-0.05, 0) is 19.1 Å². The maximum absolute atomic E-state index is 12.2. The van der Waals surface area contributed by atoms with Crippen molar-refractivity contribution in [3.8, 4) is 17.6 Å². The number of nitrogens with one attached hydrogen (secondary N) is 3. The summed E-state index contributed by atoms with van der Waals surface area (Å²) in [6.45, 7) is 2.58. The maximum Gasteiger partial charge on any atom is 0.407 e. The van der Waals surface area contributed by atoms with Crippen LogP contribution in [0.2, 0.25) is 0 Å². The van der Waals surface area contributed by atoms with Crippen LogP contribution < -0.4 is 25.4 Å². The molecule has 2 amide bonds. The number of amides is 2. The van der Waals surface area contributed by atoms with Crippen LogP contribution in [-0.2, 0) is 9.53 Å². The highest BCUT2D eigenvalue weighted by molar-refractivity contribution is 6.07. The zero-order valence-corrected chi connectivity index (χ0v) is 14.9. The first-order chi connectivity index (χ1) is 12.5. The summed E-state index contributed by atoms with van der Waals surface area (Å²) >= 11 is 0. The summed E-state index contributed by atoms with van der Waals surface area (Å²) < 4.78 is 15.0. The minimum absolute atomic E-state index is 0.133. The summed E-state index contributed by atoms with van der Waals surface area (Å²) in [5.74, 6) is 0.361. The lowest BCUT2D eigenvalue weighted by Gasteiger charge is -2.11. The second kappa shape index (κ2) is 11.2. The third-order valence-corrected chi connectivity index (χ3v) is 3.08. The first kappa shape index (κ1) is 20.6. The van der Waals surface area contributed by atoms with Crippen LogP contribution in [0, 0.1) is 11.3 Å². The van der Waals surface area contributed by atoms with Gasteiger partial charge >= 0.3 is 6.09 Å². The average molecular weight is 362 g/mol. The number of hydrogen-bond acceptors (Lipinski definition) is 7. The number of nitrogens with zero attached hydrogens (tertiary/aromatic N) is 1. The number of hydrogen-bond donors (Lipinski definition) is 3. The molecule has 0 radical (unpaired) electrons. The zero-order valence-electron chi connectivity index (χ0n) is 14.9. The molecule has 0 bridgehead atoms. The summed E-state index contributed by atoms with van der Waals surface area (Å²) in [7, 11) is 2.97. The maximum atomic E-state index is 12.2. The fourth-order valence-electron chi connectivity index (χ4n) is 1.84. The molecule has 0 aliphatic rings. The molecule has 26 heavy (non-hydrogen) atoms. The fraction of sp³-hybridized carbons (Fsp3) is 0.353. The van der Waals surface area contributed by atoms with Gasteiger partial charge in [0.05, 0.1) is 26.5 Å². The molecule has 1 aromatic carbocycles. The number of methoxy groups -OCH3 is 2. The highest BCUT2D eigenvalue weighted by atomic mass is 16.5. The Morgan fingerprint density at radius 1 is 1.23 bits per heavy atom. The summed E-state index contributed by atoms with van der Waals surface area (Å²) in [5, 5.41) is 17.0. The first-order valence-corrected chi connectivity index (χ1v) is 7.83. The van der Waals surface area contributed by atoms with Crippen molar-refractivity contribution in [2.45, 2.75) is 6.92 Å². The molecule has 0 fully saturated rings. The molecule has 0 spiro atoms. The predicted octanol–water partition coefficient (Wildman–Crippen LogP) is 1.39. The van der Waals surface area contributed by atoms with Gasteiger partial charge in [0.2, 0.25) is 0 Å². The Morgan fingerprint density at radius 2 is 2.00 bits per heavy atom. The molecular formula is C17H22N4O5. The van der Waals surface area contributed by atoms with Crippen LogP contribution >= 0.6 is 0 Å². The molecule has 0 saturated heterocycles. The number of rotatable bonds is 9. The van der Waals surface area contributed by atoms with Gasteiger partial charge in [0.25, 0.3) is 5.91 Å². The Balaban J connectivity index is 2.63. The van der Waals surface area contributed by atoms with E-state index in [9.17, 15) is 9.59 Å². The third kappa shape index (κ3) is 6.60. The van der Waals surface area contributed by atoms with Crippen molar-refractivity contribution in [2.75, 3.05) is 39.2 Å². The number of carbonyl (C=O) groups excluding carboxylic acids is 2. The average Bonchev–Trinajstić information content (AvgIpc) is 2.64. The van der Waals surface area contributed by atoms with E-state index in [1.54, 1.807) is 25.1 Å². The van der Waals surface area contributed by atoms with Crippen LogP contribution in [0.3, 0.4) is 0 Å². The van der Waals surface area contributed by atoms with Gasteiger partial charge in [-0.25, -0.2) is 4.79 Å². The smallest absolute Gasteiger partial charge is 0.407 e. The zero-order chi connectivity index (χ0) is 19.4. The van der Waals surface area contributed by atoms with Crippen LogP contribution in [-0.4, -0.2) is 45.9 Å². The van der Waals surface area contributed by atoms with E-state index in [0.717, 1.165) is 0 Å². The summed E-state index contributed by atoms with van der Waals surface area (Å²) in [4.78, 5) is 23.3. The van der Waals surface area contributed by atoms with Crippen molar-refractivity contribution in [2.24, 2.45) is 0 Å². The molecule has 140 valence electrons. The van der Waals surface area contributed by atoms with E-state index in [4.69, 9.17) is 19.5 Å². The van der Waals surface area contributed by atoms with Crippen LogP contribution in [0.1, 0.15) is 6.92 Å². The van der Waals surface area contributed by atoms with E-state index in [1.165, 1.54) is 20.4 Å². The Labute approximate surface area is 151 Å². The highest BCUT2D eigenvalue weighted by Gasteiger charge is 2.13. The van der Waals surface area contributed by atoms with Crippen molar-refractivity contribution in [3.63, 3.8) is 0 Å². The summed E-state index contributed by atoms with van der Waals surface area (Å²) in [6, 6.07) is 6.73. The van der Waals surface area contributed by atoms with E-state index in [-0.39, 0.29) is 18.7 Å². The number of alkyl carbamates (subject to hydrolysis) is 1. The van der Waals surface area contributed by atoms with E-state index in [0.29, 0.717) is 23.7 Å². The molecule has 0 saturated carbocycles. The lowest BCUT2D eigenvalue weighted by Crippen LogP contribution is -2.31. The van der Waals surface area contributed by atoms with Crippen molar-refractivity contribution in [3.05, 3.63) is 30.0 Å². The Hall–Kier alpha value is -3.41. The van der Waals surface area contributed by atoms with Gasteiger partial charge in [0.1, 0.15) is 23.1 Å². The molecule has 0 heterocycles. The second-order valence-corrected chi connectivity index (χ2v) is 4.79. The Kier molecular flexibility index (Phi) is 8.89. The van der Waals surface area contributed by atoms with Crippen LogP contribution in [0.4, 0.5) is 10.5 Å². The van der Waals surface area contributed by atoms with Gasteiger partial charge in [-0.3, -0.25) is 4.79 Å². The molecular weight excluding hydrogens is 340 g/mol. The molecule has 1 rings (SSSR count). The molecule has 0 aliphatic carbocycles. The molecule has 0 aliphatic heterocycles. The van der Waals surface area contributed by atoms with E-state index in [2.05, 4.69) is 16.0 Å². The quantitative estimate of drug-likeness (QED) is 0.345. The number of benzene rings is 1. The Bertz CT molecular complexity index is 697. The molecule has 9 heteroatoms.